The first kappa shape index (κ1) is 32.9. The molecule has 2 N–H and O–H groups in total. The van der Waals surface area contributed by atoms with Crippen molar-refractivity contribution in [3.05, 3.63) is 129 Å². The Morgan fingerprint density at radius 1 is 0.653 bits per heavy atom. The molecule has 8 nitrogen and oxygen atoms in total. The van der Waals surface area contributed by atoms with Crippen LogP contribution >= 0.6 is 0 Å². The standard InChI is InChI=1S/C39H38F2N4O4/c40-29-7-1-25(2-8-29)33-23-42-15-19-44(33)17-13-35(46)27-5-11-37-31(21-27)39(48)32-22-28(6-12-38(32)49-37)36(47)14-18-45-20-16-43-24-34(45)26-3-9-30(41)10-4-26/h1-12,21-22,33-34,42-43H,13-20,23-24H2. The van der Waals surface area contributed by atoms with Crippen molar-refractivity contribution in [1.82, 2.24) is 20.4 Å². The molecule has 0 spiro atoms. The third-order valence-corrected chi connectivity index (χ3v) is 9.78. The van der Waals surface area contributed by atoms with Gasteiger partial charge >= 0.3 is 0 Å². The van der Waals surface area contributed by atoms with E-state index in [0.29, 0.717) is 48.5 Å². The van der Waals surface area contributed by atoms with E-state index >= 15 is 0 Å². The number of fused-ring (bicyclic) bond motifs is 2. The highest BCUT2D eigenvalue weighted by molar-refractivity contribution is 6.02. The van der Waals surface area contributed by atoms with Crippen LogP contribution in [0.3, 0.4) is 0 Å². The van der Waals surface area contributed by atoms with Crippen LogP contribution in [-0.2, 0) is 0 Å². The van der Waals surface area contributed by atoms with Gasteiger partial charge in [-0.05, 0) is 71.8 Å². The van der Waals surface area contributed by atoms with Crippen LogP contribution in [0, 0.1) is 11.6 Å². The molecule has 49 heavy (non-hydrogen) atoms. The molecule has 0 saturated carbocycles. The third-order valence-electron chi connectivity index (χ3n) is 9.78. The third kappa shape index (κ3) is 7.23. The monoisotopic (exact) mass is 664 g/mol. The van der Waals surface area contributed by atoms with Gasteiger partial charge in [-0.3, -0.25) is 24.2 Å². The van der Waals surface area contributed by atoms with Gasteiger partial charge in [0.2, 0.25) is 5.43 Å². The molecule has 2 aliphatic heterocycles. The maximum absolute atomic E-state index is 13.7. The van der Waals surface area contributed by atoms with Crippen molar-refractivity contribution < 1.29 is 22.8 Å². The van der Waals surface area contributed by atoms with Gasteiger partial charge in [-0.2, -0.15) is 0 Å². The number of halogens is 2. The second-order valence-corrected chi connectivity index (χ2v) is 12.8. The number of nitrogens with one attached hydrogen (secondary N) is 2. The number of carbonyl (C=O) groups excluding carboxylic acids is 2. The molecule has 5 aromatic rings. The molecule has 1 aromatic heterocycles. The summed E-state index contributed by atoms with van der Waals surface area (Å²) in [5, 5.41) is 7.34. The molecule has 10 heteroatoms. The van der Waals surface area contributed by atoms with Crippen molar-refractivity contribution in [2.75, 3.05) is 52.4 Å². The van der Waals surface area contributed by atoms with E-state index in [1.165, 1.54) is 24.3 Å². The number of ketones is 2. The molecule has 0 amide bonds. The zero-order valence-corrected chi connectivity index (χ0v) is 27.1. The van der Waals surface area contributed by atoms with Crippen LogP contribution < -0.4 is 16.1 Å². The zero-order valence-electron chi connectivity index (χ0n) is 27.1. The minimum absolute atomic E-state index is 0.0298. The molecule has 2 atom stereocenters. The van der Waals surface area contributed by atoms with Gasteiger partial charge in [-0.15, -0.1) is 0 Å². The molecule has 0 aliphatic carbocycles. The van der Waals surface area contributed by atoms with Gasteiger partial charge in [0, 0.05) is 88.4 Å². The first-order valence-corrected chi connectivity index (χ1v) is 16.8. The van der Waals surface area contributed by atoms with E-state index in [1.807, 2.05) is 0 Å². The van der Waals surface area contributed by atoms with Gasteiger partial charge in [0.25, 0.3) is 0 Å². The number of hydrogen-bond acceptors (Lipinski definition) is 8. The van der Waals surface area contributed by atoms with Gasteiger partial charge < -0.3 is 15.1 Å². The number of hydrogen-bond donors (Lipinski definition) is 2. The number of nitrogens with zero attached hydrogens (tertiary/aromatic N) is 2. The van der Waals surface area contributed by atoms with Crippen LogP contribution in [0.5, 0.6) is 0 Å². The molecule has 0 bridgehead atoms. The highest BCUT2D eigenvalue weighted by Gasteiger charge is 2.26. The van der Waals surface area contributed by atoms with Crippen LogP contribution in [0.2, 0.25) is 0 Å². The second kappa shape index (κ2) is 14.5. The molecule has 4 aromatic carbocycles. The lowest BCUT2D eigenvalue weighted by Crippen LogP contribution is -2.46. The fourth-order valence-corrected chi connectivity index (χ4v) is 7.04. The molecule has 2 aliphatic rings. The Labute approximate surface area is 282 Å². The Kier molecular flexibility index (Phi) is 9.72. The van der Waals surface area contributed by atoms with Gasteiger partial charge in [0.1, 0.15) is 22.8 Å². The number of rotatable bonds is 10. The molecule has 2 saturated heterocycles. The Balaban J connectivity index is 1.05. The Hall–Kier alpha value is -4.61. The molecule has 2 fully saturated rings. The fourth-order valence-electron chi connectivity index (χ4n) is 7.04. The molecule has 3 heterocycles. The summed E-state index contributed by atoms with van der Waals surface area (Å²) < 4.78 is 33.1. The largest absolute Gasteiger partial charge is 0.456 e. The van der Waals surface area contributed by atoms with Crippen molar-refractivity contribution in [1.29, 1.82) is 0 Å². The predicted molar refractivity (Wildman–Crippen MR) is 185 cm³/mol. The highest BCUT2D eigenvalue weighted by Crippen LogP contribution is 2.26. The van der Waals surface area contributed by atoms with Gasteiger partial charge in [-0.1, -0.05) is 24.3 Å². The average molecular weight is 665 g/mol. The Morgan fingerprint density at radius 3 is 1.51 bits per heavy atom. The fraction of sp³-hybridized carbons (Fsp3) is 0.308. The lowest BCUT2D eigenvalue weighted by Gasteiger charge is -2.36. The topological polar surface area (TPSA) is 94.9 Å². The molecule has 2 unspecified atom stereocenters. The van der Waals surface area contributed by atoms with Crippen LogP contribution in [0.1, 0.15) is 56.8 Å². The maximum Gasteiger partial charge on any atom is 0.200 e. The molecular formula is C39H38F2N4O4. The first-order valence-electron chi connectivity index (χ1n) is 16.8. The van der Waals surface area contributed by atoms with Crippen molar-refractivity contribution in [3.8, 4) is 0 Å². The minimum Gasteiger partial charge on any atom is -0.456 e. The van der Waals surface area contributed by atoms with E-state index < -0.39 is 0 Å². The molecule has 0 radical (unpaired) electrons. The van der Waals surface area contributed by atoms with Crippen LogP contribution in [0.25, 0.3) is 21.9 Å². The van der Waals surface area contributed by atoms with E-state index in [4.69, 9.17) is 4.42 Å². The van der Waals surface area contributed by atoms with Gasteiger partial charge in [-0.25, -0.2) is 8.78 Å². The molecule has 252 valence electrons. The summed E-state index contributed by atoms with van der Waals surface area (Å²) in [6, 6.07) is 22.9. The molecular weight excluding hydrogens is 626 g/mol. The lowest BCUT2D eigenvalue weighted by molar-refractivity contribution is 0.0927. The van der Waals surface area contributed by atoms with Crippen molar-refractivity contribution in [2.45, 2.75) is 24.9 Å². The summed E-state index contributed by atoms with van der Waals surface area (Å²) in [7, 11) is 0. The summed E-state index contributed by atoms with van der Waals surface area (Å²) in [5.41, 5.74) is 3.28. The second-order valence-electron chi connectivity index (χ2n) is 12.8. The summed E-state index contributed by atoms with van der Waals surface area (Å²) in [4.78, 5) is 44.9. The summed E-state index contributed by atoms with van der Waals surface area (Å²) in [6.07, 6.45) is 0.520. The Bertz CT molecular complexity index is 1910. The predicted octanol–water partition coefficient (Wildman–Crippen LogP) is 5.66. The smallest absolute Gasteiger partial charge is 0.200 e. The summed E-state index contributed by atoms with van der Waals surface area (Å²) in [6.45, 7) is 5.58. The number of piperazine rings is 2. The van der Waals surface area contributed by atoms with Crippen LogP contribution in [0.4, 0.5) is 8.78 Å². The van der Waals surface area contributed by atoms with Crippen LogP contribution in [-0.4, -0.2) is 73.7 Å². The highest BCUT2D eigenvalue weighted by atomic mass is 19.1. The molecule has 7 rings (SSSR count). The minimum atomic E-state index is -0.294. The summed E-state index contributed by atoms with van der Waals surface area (Å²) >= 11 is 0. The van der Waals surface area contributed by atoms with E-state index in [9.17, 15) is 23.2 Å². The summed E-state index contributed by atoms with van der Waals surface area (Å²) in [5.74, 6) is -0.745. The number of Topliss-reactive ketones (excluding diaryl/α,β-unsaturated/α-hetero) is 2. The normalized spacial score (nSPS) is 19.0. The van der Waals surface area contributed by atoms with E-state index in [1.54, 1.807) is 60.7 Å². The number of benzene rings is 4. The average Bonchev–Trinajstić information content (AvgIpc) is 3.13. The Morgan fingerprint density at radius 2 is 1.08 bits per heavy atom. The first-order chi connectivity index (χ1) is 23.8. The maximum atomic E-state index is 13.7. The van der Waals surface area contributed by atoms with E-state index in [-0.39, 0.29) is 64.3 Å². The number of carbonyl (C=O) groups is 2. The van der Waals surface area contributed by atoms with Crippen LogP contribution in [0.15, 0.2) is 94.1 Å². The van der Waals surface area contributed by atoms with Gasteiger partial charge in [0.05, 0.1) is 10.8 Å². The van der Waals surface area contributed by atoms with Crippen molar-refractivity contribution in [2.24, 2.45) is 0 Å². The van der Waals surface area contributed by atoms with Gasteiger partial charge in [0.15, 0.2) is 11.6 Å². The quantitative estimate of drug-likeness (QED) is 0.146. The van der Waals surface area contributed by atoms with E-state index in [2.05, 4.69) is 20.4 Å². The lowest BCUT2D eigenvalue weighted by atomic mass is 10.00. The zero-order chi connectivity index (χ0) is 33.9. The van der Waals surface area contributed by atoms with Crippen molar-refractivity contribution in [3.63, 3.8) is 0 Å². The SMILES string of the molecule is O=C(CCN1CCNCC1c1ccc(F)cc1)c1ccc2oc3ccc(C(=O)CCN4CCNCC4c4ccc(F)cc4)cc3c(=O)c2c1. The van der Waals surface area contributed by atoms with E-state index in [0.717, 1.165) is 37.3 Å². The van der Waals surface area contributed by atoms with Crippen molar-refractivity contribution >= 4 is 33.5 Å².